The van der Waals surface area contributed by atoms with Crippen molar-refractivity contribution in [3.8, 4) is 0 Å². The van der Waals surface area contributed by atoms with Gasteiger partial charge in [-0.05, 0) is 38.5 Å². The maximum absolute atomic E-state index is 13.3. The van der Waals surface area contributed by atoms with Gasteiger partial charge in [0.25, 0.3) is 0 Å². The Morgan fingerprint density at radius 3 is 2.38 bits per heavy atom. The summed E-state index contributed by atoms with van der Waals surface area (Å²) in [7, 11) is 0. The summed E-state index contributed by atoms with van der Waals surface area (Å²) in [5.74, 6) is -1.10. The van der Waals surface area contributed by atoms with Crippen molar-refractivity contribution in [2.45, 2.75) is 52.3 Å². The molecule has 0 amide bonds. The maximum Gasteiger partial charge on any atom is 0.420 e. The molecule has 0 saturated heterocycles. The van der Waals surface area contributed by atoms with Gasteiger partial charge in [0.15, 0.2) is 5.69 Å². The number of hydrogen-bond acceptors (Lipinski definition) is 3. The highest BCUT2D eigenvalue weighted by Crippen LogP contribution is 2.76. The van der Waals surface area contributed by atoms with Gasteiger partial charge in [-0.25, -0.2) is 13.6 Å². The summed E-state index contributed by atoms with van der Waals surface area (Å²) in [6.45, 7) is 2.61. The first kappa shape index (κ1) is 17.2. The highest BCUT2D eigenvalue weighted by Gasteiger charge is 2.72. The van der Waals surface area contributed by atoms with Gasteiger partial charge in [-0.1, -0.05) is 0 Å². The number of aromatic nitrogens is 2. The van der Waals surface area contributed by atoms with Crippen molar-refractivity contribution < 1.29 is 31.5 Å². The molecule has 3 aliphatic carbocycles. The van der Waals surface area contributed by atoms with E-state index >= 15 is 0 Å². The molecule has 1 aromatic heterocycles. The zero-order valence-corrected chi connectivity index (χ0v) is 13.2. The van der Waals surface area contributed by atoms with E-state index in [2.05, 4.69) is 5.10 Å². The first-order valence-electron chi connectivity index (χ1n) is 7.63. The van der Waals surface area contributed by atoms with Gasteiger partial charge < -0.3 is 4.74 Å². The summed E-state index contributed by atoms with van der Waals surface area (Å²) in [5.41, 5.74) is -3.55. The molecule has 3 saturated carbocycles. The van der Waals surface area contributed by atoms with E-state index in [1.807, 2.05) is 0 Å². The van der Waals surface area contributed by atoms with Crippen LogP contribution in [0.2, 0.25) is 0 Å². The van der Waals surface area contributed by atoms with Crippen molar-refractivity contribution in [1.29, 1.82) is 0 Å². The Morgan fingerprint density at radius 2 is 1.92 bits per heavy atom. The Balaban J connectivity index is 1.90. The van der Waals surface area contributed by atoms with Gasteiger partial charge in [-0.15, -0.1) is 0 Å². The van der Waals surface area contributed by atoms with Crippen molar-refractivity contribution in [2.24, 2.45) is 10.8 Å². The van der Waals surface area contributed by atoms with Crippen molar-refractivity contribution in [1.82, 2.24) is 9.78 Å². The lowest BCUT2D eigenvalue weighted by atomic mass is 9.35. The van der Waals surface area contributed by atoms with E-state index in [1.165, 1.54) is 13.8 Å². The van der Waals surface area contributed by atoms with Gasteiger partial charge in [0, 0.05) is 12.0 Å². The van der Waals surface area contributed by atoms with Crippen LogP contribution < -0.4 is 0 Å². The van der Waals surface area contributed by atoms with Gasteiger partial charge in [0.05, 0.1) is 12.3 Å². The first-order chi connectivity index (χ1) is 11.0. The first-order valence-corrected chi connectivity index (χ1v) is 7.63. The molecule has 0 unspecified atom stereocenters. The molecule has 0 spiro atoms. The smallest absolute Gasteiger partial charge is 0.420 e. The molecule has 1 heterocycles. The van der Waals surface area contributed by atoms with Gasteiger partial charge >= 0.3 is 12.1 Å². The third-order valence-corrected chi connectivity index (χ3v) is 5.01. The van der Waals surface area contributed by atoms with E-state index in [1.54, 1.807) is 0 Å². The maximum atomic E-state index is 13.3. The average Bonchev–Trinajstić information content (AvgIpc) is 2.68. The average molecular weight is 352 g/mol. The van der Waals surface area contributed by atoms with Crippen LogP contribution in [0.5, 0.6) is 0 Å². The van der Waals surface area contributed by atoms with Gasteiger partial charge in [-0.2, -0.15) is 18.3 Å². The highest BCUT2D eigenvalue weighted by molar-refractivity contribution is 5.89. The van der Waals surface area contributed by atoms with Crippen LogP contribution in [0, 0.1) is 17.8 Å². The largest absolute Gasteiger partial charge is 0.461 e. The number of carbonyl (C=O) groups is 1. The summed E-state index contributed by atoms with van der Waals surface area (Å²) < 4.78 is 71.3. The lowest BCUT2D eigenvalue weighted by molar-refractivity contribution is -0.273. The molecule has 3 aliphatic rings. The number of aryl methyl sites for hydroxylation is 1. The van der Waals surface area contributed by atoms with Crippen molar-refractivity contribution in [2.75, 3.05) is 6.61 Å². The molecular formula is C15H17F5N2O2. The minimum atomic E-state index is -4.74. The number of ether oxygens (including phenoxy) is 1. The van der Waals surface area contributed by atoms with E-state index in [9.17, 15) is 26.7 Å². The molecule has 2 bridgehead atoms. The highest BCUT2D eigenvalue weighted by atomic mass is 19.4. The van der Waals surface area contributed by atoms with Crippen LogP contribution in [-0.4, -0.2) is 28.8 Å². The fraction of sp³-hybridized carbons (Fsp3) is 0.733. The van der Waals surface area contributed by atoms with Crippen LogP contribution in [-0.2, 0) is 17.5 Å². The van der Waals surface area contributed by atoms with Crippen LogP contribution >= 0.6 is 0 Å². The van der Waals surface area contributed by atoms with Gasteiger partial charge in [-0.3, -0.25) is 4.68 Å². The molecule has 4 nitrogen and oxygen atoms in total. The molecular weight excluding hydrogens is 335 g/mol. The number of rotatable bonds is 5. The zero-order chi connectivity index (χ0) is 17.9. The van der Waals surface area contributed by atoms with Crippen LogP contribution in [0.4, 0.5) is 22.0 Å². The minimum Gasteiger partial charge on any atom is -0.461 e. The molecule has 0 radical (unpaired) electrons. The number of carbonyl (C=O) groups excluding carboxylic acids is 1. The number of hydrogen-bond donors (Lipinski definition) is 0. The van der Waals surface area contributed by atoms with Crippen molar-refractivity contribution in [3.05, 3.63) is 17.0 Å². The lowest BCUT2D eigenvalue weighted by Gasteiger charge is -2.70. The molecule has 0 N–H and O–H groups in total. The summed E-state index contributed by atoms with van der Waals surface area (Å²) in [4.78, 5) is 12.0. The van der Waals surface area contributed by atoms with E-state index in [0.717, 1.165) is 4.68 Å². The van der Waals surface area contributed by atoms with Crippen LogP contribution in [0.1, 0.15) is 47.9 Å². The fourth-order valence-electron chi connectivity index (χ4n) is 4.24. The van der Waals surface area contributed by atoms with Crippen molar-refractivity contribution >= 4 is 5.97 Å². The molecule has 24 heavy (non-hydrogen) atoms. The summed E-state index contributed by atoms with van der Waals surface area (Å²) >= 11 is 0. The topological polar surface area (TPSA) is 44.1 Å². The Labute approximate surface area is 135 Å². The molecule has 0 aromatic carbocycles. The van der Waals surface area contributed by atoms with Gasteiger partial charge in [0.1, 0.15) is 5.56 Å². The van der Waals surface area contributed by atoms with E-state index < -0.39 is 40.7 Å². The number of halogens is 5. The summed E-state index contributed by atoms with van der Waals surface area (Å²) in [6, 6.07) is 0. The second kappa shape index (κ2) is 5.16. The standard InChI is InChI=1S/C15H17F5N2O2/c1-3-24-11(23)10-9(15(18,19)20)8(2)21-22(10)7-13-4-14(5-13,6-13)12(16)17/h12H,3-7H2,1-2H3. The molecule has 1 aromatic rings. The predicted molar refractivity (Wildman–Crippen MR) is 72.6 cm³/mol. The zero-order valence-electron chi connectivity index (χ0n) is 13.2. The molecule has 9 heteroatoms. The second-order valence-corrected chi connectivity index (χ2v) is 6.88. The lowest BCUT2D eigenvalue weighted by Crippen LogP contribution is -2.66. The van der Waals surface area contributed by atoms with E-state index in [-0.39, 0.29) is 38.1 Å². The van der Waals surface area contributed by atoms with E-state index in [0.29, 0.717) is 0 Å². The molecule has 3 fully saturated rings. The summed E-state index contributed by atoms with van der Waals surface area (Å²) in [6.07, 6.45) is -6.41. The van der Waals surface area contributed by atoms with Gasteiger partial charge in [0.2, 0.25) is 6.43 Å². The van der Waals surface area contributed by atoms with E-state index in [4.69, 9.17) is 4.74 Å². The fourth-order valence-corrected chi connectivity index (χ4v) is 4.24. The van der Waals surface area contributed by atoms with Crippen molar-refractivity contribution in [3.63, 3.8) is 0 Å². The number of nitrogens with zero attached hydrogens (tertiary/aromatic N) is 2. The third-order valence-electron chi connectivity index (χ3n) is 5.01. The summed E-state index contributed by atoms with van der Waals surface area (Å²) in [5, 5.41) is 3.85. The SMILES string of the molecule is CCOC(=O)c1c(C(F)(F)F)c(C)nn1CC12CC(C(F)F)(C1)C2. The van der Waals surface area contributed by atoms with Crippen LogP contribution in [0.15, 0.2) is 0 Å². The molecule has 4 rings (SSSR count). The monoisotopic (exact) mass is 352 g/mol. The Kier molecular flexibility index (Phi) is 3.69. The Morgan fingerprint density at radius 1 is 1.33 bits per heavy atom. The molecule has 0 atom stereocenters. The normalized spacial score (nSPS) is 28.5. The predicted octanol–water partition coefficient (Wildman–Crippen LogP) is 3.82. The third kappa shape index (κ3) is 2.39. The molecule has 134 valence electrons. The Bertz CT molecular complexity index is 660. The Hall–Kier alpha value is -1.67. The molecule has 0 aliphatic heterocycles. The van der Waals surface area contributed by atoms with Crippen LogP contribution in [0.3, 0.4) is 0 Å². The minimum absolute atomic E-state index is 0.0204. The second-order valence-electron chi connectivity index (χ2n) is 6.88. The number of alkyl halides is 5. The quantitative estimate of drug-likeness (QED) is 0.598. The number of esters is 1. The van der Waals surface area contributed by atoms with Crippen LogP contribution in [0.25, 0.3) is 0 Å².